The van der Waals surface area contributed by atoms with Crippen LogP contribution in [0.2, 0.25) is 5.02 Å². The monoisotopic (exact) mass is 1440 g/mol. The molecule has 32 nitrogen and oxygen atoms in total. The van der Waals surface area contributed by atoms with Crippen molar-refractivity contribution < 1.29 is 67.7 Å². The normalized spacial score (nSPS) is 15.1. The summed E-state index contributed by atoms with van der Waals surface area (Å²) in [7, 11) is 0. The number of rotatable bonds is 40. The fourth-order valence-electron chi connectivity index (χ4n) is 11.5. The Hall–Kier alpha value is -11.0. The Balaban J connectivity index is 1.26. The number of benzene rings is 4. The molecule has 1 aliphatic rings. The number of aromatic hydroxyl groups is 1. The fourth-order valence-corrected chi connectivity index (χ4v) is 11.6. The van der Waals surface area contributed by atoms with Gasteiger partial charge in [0.25, 0.3) is 0 Å². The number of phenolic OH excluding ortho intramolecular Hbond substituents is 1. The number of urea groups is 1. The SMILES string of the molecule is CC(=O)N[C@H](Cc1ccc2ccccc2c1)C(=O)N[C@H](Cc1ccc(Cl)cc1)C(=O)N[C@H](Cc1cccnc1)C(=O)N[C@@H](CO)C(=O)N[C@@H](Cc1ccc(O)cc1)C(=O)N[C@H](CCCNC(N)=O)C(=O)N[C@H](CCCCN)C(=O)N[C@@H](CCCN=C(N)N)C(=O)N1CCC[C@H]1C(=O)N[C@H](C)C(N)=O. The van der Waals surface area contributed by atoms with E-state index in [0.29, 0.717) is 40.1 Å². The number of likely N-dealkylation sites (tertiary alicyclic amines) is 1. The third kappa shape index (κ3) is 26.8. The van der Waals surface area contributed by atoms with Crippen molar-refractivity contribution in [2.24, 2.45) is 33.7 Å². The summed E-state index contributed by atoms with van der Waals surface area (Å²) in [4.78, 5) is 176. The maximum Gasteiger partial charge on any atom is 0.312 e. The van der Waals surface area contributed by atoms with Gasteiger partial charge in [0.2, 0.25) is 65.0 Å². The molecule has 0 radical (unpaired) electrons. The van der Waals surface area contributed by atoms with E-state index in [2.05, 4.69) is 63.1 Å². The average Bonchev–Trinajstić information content (AvgIpc) is 1.80. The number of pyridine rings is 1. The Morgan fingerprint density at radius 3 is 1.60 bits per heavy atom. The number of aromatic nitrogens is 1. The maximum atomic E-state index is 14.9. The summed E-state index contributed by atoms with van der Waals surface area (Å²) < 4.78 is 0. The molecule has 0 unspecified atom stereocenters. The van der Waals surface area contributed by atoms with Crippen LogP contribution in [0.25, 0.3) is 10.8 Å². The minimum absolute atomic E-state index is 0.0111. The highest BCUT2D eigenvalue weighted by Crippen LogP contribution is 2.22. The lowest BCUT2D eigenvalue weighted by molar-refractivity contribution is -0.142. The standard InChI is InChI=1S/C70H93ClN18O14/c1-40(59(73)93)80-67(101)58-17-10-32-89(58)68(102)52(16-9-30-78-69(74)75)84-61(95)50(14-5-6-28-72)82-60(94)51(15-8-31-79-70(76)103)83-63(97)54(35-43-21-26-49(92)27-22-43)87-66(100)57(39-90)88-65(99)56(37-45-11-7-29-77-38-45)86-64(98)55(34-42-19-24-48(71)25-20-42)85-62(96)53(81-41(2)91)36-44-18-23-46-12-3-4-13-47(46)33-44/h3-4,7,11-13,18-27,29,33,38,40,50-58,90,92H,5-6,8-10,14-17,28,30-32,34-37,39,72H2,1-2H3,(H2,73,93)(H,80,101)(H,81,91)(H,82,94)(H,83,97)(H,84,95)(H,85,96)(H,86,98)(H,87,100)(H,88,99)(H4,74,75,78)(H3,76,79,103)/t40-,50-,51-,52+,53-,54+,55-,56-,57+,58+/m1/s1. The van der Waals surface area contributed by atoms with Gasteiger partial charge in [-0.15, -0.1) is 0 Å². The number of amides is 13. The number of phenols is 1. The van der Waals surface area contributed by atoms with E-state index in [1.807, 2.05) is 42.5 Å². The van der Waals surface area contributed by atoms with E-state index in [1.54, 1.807) is 36.4 Å². The largest absolute Gasteiger partial charge is 0.508 e. The number of aliphatic hydroxyl groups excluding tert-OH is 1. The van der Waals surface area contributed by atoms with Crippen molar-refractivity contribution in [2.45, 2.75) is 158 Å². The second kappa shape index (κ2) is 41.1. The number of fused-ring (bicyclic) bond motifs is 1. The number of hydrogen-bond acceptors (Lipinski definition) is 17. The predicted molar refractivity (Wildman–Crippen MR) is 382 cm³/mol. The number of unbranched alkanes of at least 4 members (excludes halogenated alkanes) is 1. The molecule has 0 aliphatic carbocycles. The second-order valence-corrected chi connectivity index (χ2v) is 25.4. The Bertz CT molecular complexity index is 3780. The summed E-state index contributed by atoms with van der Waals surface area (Å²) in [5.41, 5.74) is 29.7. The van der Waals surface area contributed by atoms with Crippen LogP contribution < -0.4 is 81.8 Å². The summed E-state index contributed by atoms with van der Waals surface area (Å²) in [6.45, 7) is 1.78. The number of carbonyl (C=O) groups excluding carboxylic acids is 12. The van der Waals surface area contributed by atoms with Crippen molar-refractivity contribution in [3.63, 3.8) is 0 Å². The van der Waals surface area contributed by atoms with Crippen LogP contribution in [0.3, 0.4) is 0 Å². The number of hydrogen-bond donors (Lipinski definition) is 17. The summed E-state index contributed by atoms with van der Waals surface area (Å²) in [6.07, 6.45) is 3.23. The topological polar surface area (TPSA) is 524 Å². The number of carbonyl (C=O) groups is 12. The Morgan fingerprint density at radius 2 is 1.06 bits per heavy atom. The zero-order valence-corrected chi connectivity index (χ0v) is 58.1. The first kappa shape index (κ1) is 81.0. The van der Waals surface area contributed by atoms with Gasteiger partial charge in [0.1, 0.15) is 66.2 Å². The molecule has 554 valence electrons. The predicted octanol–water partition coefficient (Wildman–Crippen LogP) is -1.63. The summed E-state index contributed by atoms with van der Waals surface area (Å²) >= 11 is 6.23. The second-order valence-electron chi connectivity index (χ2n) is 25.0. The molecule has 13 amide bonds. The van der Waals surface area contributed by atoms with Gasteiger partial charge in [0.15, 0.2) is 5.96 Å². The van der Waals surface area contributed by atoms with E-state index >= 15 is 0 Å². The quantitative estimate of drug-likeness (QED) is 0.0119. The minimum atomic E-state index is -1.86. The van der Waals surface area contributed by atoms with E-state index in [0.717, 1.165) is 10.8 Å². The van der Waals surface area contributed by atoms with E-state index in [-0.39, 0.29) is 109 Å². The lowest BCUT2D eigenvalue weighted by Crippen LogP contribution is -2.61. The molecular weight excluding hydrogens is 1350 g/mol. The average molecular weight is 1450 g/mol. The molecule has 4 aromatic carbocycles. The highest BCUT2D eigenvalue weighted by Gasteiger charge is 2.40. The van der Waals surface area contributed by atoms with Gasteiger partial charge >= 0.3 is 6.03 Å². The van der Waals surface area contributed by atoms with Crippen LogP contribution in [0, 0.1) is 0 Å². The fraction of sp³-hybridized carbons (Fsp3) is 0.429. The molecule has 22 N–H and O–H groups in total. The lowest BCUT2D eigenvalue weighted by Gasteiger charge is -2.30. The Morgan fingerprint density at radius 1 is 0.563 bits per heavy atom. The third-order valence-electron chi connectivity index (χ3n) is 16.9. The third-order valence-corrected chi connectivity index (χ3v) is 17.2. The molecule has 0 saturated carbocycles. The highest BCUT2D eigenvalue weighted by atomic mass is 35.5. The molecule has 5 aromatic rings. The van der Waals surface area contributed by atoms with Gasteiger partial charge in [-0.2, -0.15) is 0 Å². The van der Waals surface area contributed by atoms with E-state index < -0.39 is 138 Å². The van der Waals surface area contributed by atoms with Gasteiger partial charge in [0.05, 0.1) is 6.61 Å². The number of nitrogens with two attached hydrogens (primary N) is 5. The van der Waals surface area contributed by atoms with E-state index in [4.69, 9.17) is 40.3 Å². The lowest BCUT2D eigenvalue weighted by atomic mass is 9.99. The smallest absolute Gasteiger partial charge is 0.312 e. The van der Waals surface area contributed by atoms with Crippen LogP contribution in [0.15, 0.2) is 121 Å². The van der Waals surface area contributed by atoms with Crippen LogP contribution in [-0.4, -0.2) is 190 Å². The zero-order valence-electron chi connectivity index (χ0n) is 57.4. The molecule has 10 atom stereocenters. The molecule has 0 spiro atoms. The number of nitrogens with one attached hydrogen (secondary N) is 10. The van der Waals surface area contributed by atoms with Crippen LogP contribution in [0.1, 0.15) is 93.9 Å². The van der Waals surface area contributed by atoms with Gasteiger partial charge in [-0.1, -0.05) is 84.4 Å². The van der Waals surface area contributed by atoms with Crippen molar-refractivity contribution in [1.29, 1.82) is 0 Å². The first-order chi connectivity index (χ1) is 49.2. The summed E-state index contributed by atoms with van der Waals surface area (Å²) in [6, 6.07) is 13.3. The van der Waals surface area contributed by atoms with E-state index in [1.165, 1.54) is 55.4 Å². The molecule has 6 rings (SSSR count). The summed E-state index contributed by atoms with van der Waals surface area (Å²) in [5.74, 6) is -9.64. The minimum Gasteiger partial charge on any atom is -0.508 e. The Labute approximate surface area is 600 Å². The van der Waals surface area contributed by atoms with Crippen molar-refractivity contribution in [3.8, 4) is 5.75 Å². The number of aliphatic imine (C=N–C) groups is 1. The van der Waals surface area contributed by atoms with Gasteiger partial charge in [0, 0.05) is 69.7 Å². The van der Waals surface area contributed by atoms with Gasteiger partial charge in [-0.05, 0) is 135 Å². The maximum absolute atomic E-state index is 14.9. The number of guanidine groups is 1. The number of nitrogens with zero attached hydrogens (tertiary/aromatic N) is 3. The molecule has 1 aliphatic heterocycles. The zero-order chi connectivity index (χ0) is 75.1. The van der Waals surface area contributed by atoms with Crippen LogP contribution in [-0.2, 0) is 78.4 Å². The van der Waals surface area contributed by atoms with Gasteiger partial charge in [-0.25, -0.2) is 4.79 Å². The molecule has 33 heteroatoms. The number of primary amides is 2. The molecule has 2 heterocycles. The summed E-state index contributed by atoms with van der Waals surface area (Å²) in [5, 5.41) is 49.5. The highest BCUT2D eigenvalue weighted by molar-refractivity contribution is 6.30. The van der Waals surface area contributed by atoms with Gasteiger partial charge in [-0.3, -0.25) is 62.7 Å². The van der Waals surface area contributed by atoms with Crippen molar-refractivity contribution in [1.82, 2.24) is 63.1 Å². The van der Waals surface area contributed by atoms with E-state index in [9.17, 15) is 67.7 Å². The molecule has 1 saturated heterocycles. The first-order valence-electron chi connectivity index (χ1n) is 33.8. The number of halogens is 1. The van der Waals surface area contributed by atoms with Crippen LogP contribution in [0.4, 0.5) is 4.79 Å². The first-order valence-corrected chi connectivity index (χ1v) is 34.2. The molecule has 1 aromatic heterocycles. The van der Waals surface area contributed by atoms with Gasteiger partial charge < -0.3 is 96.9 Å². The van der Waals surface area contributed by atoms with Crippen molar-refractivity contribution in [2.75, 3.05) is 32.8 Å². The molecule has 0 bridgehead atoms. The van der Waals surface area contributed by atoms with Crippen molar-refractivity contribution >= 4 is 99.3 Å². The molecular formula is C70H93ClN18O14. The molecule has 1 fully saturated rings. The molecule has 103 heavy (non-hydrogen) atoms. The Kier molecular flexibility index (Phi) is 32.3. The number of aliphatic hydroxyl groups is 1. The van der Waals surface area contributed by atoms with Crippen LogP contribution in [0.5, 0.6) is 5.75 Å². The van der Waals surface area contributed by atoms with Crippen LogP contribution >= 0.6 is 11.6 Å². The van der Waals surface area contributed by atoms with Crippen molar-refractivity contribution in [3.05, 3.63) is 143 Å².